The molecule has 0 spiro atoms. The summed E-state index contributed by atoms with van der Waals surface area (Å²) in [6, 6.07) is 12.7. The molecule has 1 amide bonds. The van der Waals surface area contributed by atoms with Crippen molar-refractivity contribution in [3.63, 3.8) is 0 Å². The van der Waals surface area contributed by atoms with Gasteiger partial charge in [0.1, 0.15) is 11.3 Å². The minimum absolute atomic E-state index is 0.0461. The van der Waals surface area contributed by atoms with Gasteiger partial charge in [0.05, 0.1) is 15.3 Å². The minimum atomic E-state index is -3.40. The summed E-state index contributed by atoms with van der Waals surface area (Å²) in [6.07, 6.45) is 0.243. The van der Waals surface area contributed by atoms with E-state index in [0.29, 0.717) is 9.83 Å². The Morgan fingerprint density at radius 2 is 1.88 bits per heavy atom. The van der Waals surface area contributed by atoms with Gasteiger partial charge >= 0.3 is 0 Å². The normalized spacial score (nSPS) is 11.6. The molecule has 0 aliphatic carbocycles. The lowest BCUT2D eigenvalue weighted by atomic mass is 10.3. The van der Waals surface area contributed by atoms with E-state index >= 15 is 0 Å². The van der Waals surface area contributed by atoms with E-state index in [1.165, 1.54) is 29.5 Å². The number of benzene rings is 2. The Bertz CT molecular complexity index is 1000. The fourth-order valence-corrected chi connectivity index (χ4v) is 4.55. The van der Waals surface area contributed by atoms with Crippen LogP contribution in [0.25, 0.3) is 10.2 Å². The second-order valence-corrected chi connectivity index (χ2v) is 8.53. The van der Waals surface area contributed by atoms with Gasteiger partial charge in [-0.2, -0.15) is 0 Å². The highest BCUT2D eigenvalue weighted by atomic mass is 32.2. The molecule has 130 valence electrons. The van der Waals surface area contributed by atoms with Gasteiger partial charge in [-0.15, -0.1) is 0 Å². The van der Waals surface area contributed by atoms with Crippen LogP contribution in [0.4, 0.5) is 9.52 Å². The van der Waals surface area contributed by atoms with E-state index in [1.807, 2.05) is 0 Å². The first kappa shape index (κ1) is 17.5. The number of thiazole rings is 1. The third-order valence-electron chi connectivity index (χ3n) is 3.54. The van der Waals surface area contributed by atoms with Crippen LogP contribution in [0.2, 0.25) is 0 Å². The predicted molar refractivity (Wildman–Crippen MR) is 95.9 cm³/mol. The Balaban J connectivity index is 1.57. The average molecular weight is 378 g/mol. The molecule has 0 saturated carbocycles. The molecule has 0 fully saturated rings. The summed E-state index contributed by atoms with van der Waals surface area (Å²) < 4.78 is 38.5. The molecule has 0 unspecified atom stereocenters. The quantitative estimate of drug-likeness (QED) is 0.711. The lowest BCUT2D eigenvalue weighted by Crippen LogP contribution is -2.14. The van der Waals surface area contributed by atoms with Crippen LogP contribution in [-0.2, 0) is 14.6 Å². The first-order valence-electron chi connectivity index (χ1n) is 7.58. The van der Waals surface area contributed by atoms with Gasteiger partial charge in [-0.05, 0) is 30.7 Å². The van der Waals surface area contributed by atoms with Gasteiger partial charge in [-0.3, -0.25) is 4.79 Å². The minimum Gasteiger partial charge on any atom is -0.302 e. The molecular formula is C17H15FN2O3S2. The molecule has 0 aliphatic rings. The van der Waals surface area contributed by atoms with Crippen molar-refractivity contribution in [2.24, 2.45) is 0 Å². The van der Waals surface area contributed by atoms with Crippen LogP contribution in [0.5, 0.6) is 0 Å². The Labute approximate surface area is 148 Å². The number of anilines is 1. The van der Waals surface area contributed by atoms with E-state index in [4.69, 9.17) is 0 Å². The van der Waals surface area contributed by atoms with E-state index in [-0.39, 0.29) is 34.9 Å². The summed E-state index contributed by atoms with van der Waals surface area (Å²) in [6.45, 7) is 0. The second-order valence-electron chi connectivity index (χ2n) is 5.39. The number of sulfone groups is 1. The summed E-state index contributed by atoms with van der Waals surface area (Å²) in [7, 11) is -3.40. The number of carbonyl (C=O) groups is 1. The number of hydrogen-bond acceptors (Lipinski definition) is 5. The molecule has 0 atom stereocenters. The van der Waals surface area contributed by atoms with Crippen molar-refractivity contribution < 1.29 is 17.6 Å². The van der Waals surface area contributed by atoms with Gasteiger partial charge in [0.25, 0.3) is 0 Å². The van der Waals surface area contributed by atoms with Gasteiger partial charge in [0.15, 0.2) is 15.0 Å². The highest BCUT2D eigenvalue weighted by Crippen LogP contribution is 2.27. The van der Waals surface area contributed by atoms with Crippen molar-refractivity contribution in [1.82, 2.24) is 4.98 Å². The van der Waals surface area contributed by atoms with Gasteiger partial charge in [0, 0.05) is 6.42 Å². The zero-order chi connectivity index (χ0) is 17.9. The standard InChI is InChI=1S/C17H15FN2O3S2/c18-13-8-4-9-14-16(13)20-17(24-14)19-15(21)10-5-11-25(22,23)12-6-2-1-3-7-12/h1-4,6-9H,5,10-11H2,(H,19,20,21). The number of hydrogen-bond donors (Lipinski definition) is 1. The van der Waals surface area contributed by atoms with Crippen LogP contribution >= 0.6 is 11.3 Å². The van der Waals surface area contributed by atoms with E-state index in [1.54, 1.807) is 30.3 Å². The molecule has 3 rings (SSSR count). The molecule has 3 aromatic rings. The summed E-state index contributed by atoms with van der Waals surface area (Å²) in [5.74, 6) is -0.898. The summed E-state index contributed by atoms with van der Waals surface area (Å²) in [5, 5.41) is 2.89. The Kier molecular flexibility index (Phi) is 5.10. The van der Waals surface area contributed by atoms with Crippen LogP contribution < -0.4 is 5.32 Å². The number of fused-ring (bicyclic) bond motifs is 1. The largest absolute Gasteiger partial charge is 0.302 e. The summed E-state index contributed by atoms with van der Waals surface area (Å²) in [4.78, 5) is 16.3. The number of para-hydroxylation sites is 1. The van der Waals surface area contributed by atoms with Gasteiger partial charge in [-0.1, -0.05) is 35.6 Å². The van der Waals surface area contributed by atoms with E-state index < -0.39 is 15.7 Å². The van der Waals surface area contributed by atoms with Crippen molar-refractivity contribution in [1.29, 1.82) is 0 Å². The number of aromatic nitrogens is 1. The molecule has 0 aliphatic heterocycles. The number of halogens is 1. The van der Waals surface area contributed by atoms with Gasteiger partial charge < -0.3 is 5.32 Å². The number of nitrogens with zero attached hydrogens (tertiary/aromatic N) is 1. The van der Waals surface area contributed by atoms with Crippen LogP contribution in [0, 0.1) is 5.82 Å². The lowest BCUT2D eigenvalue weighted by Gasteiger charge is -2.04. The molecular weight excluding hydrogens is 363 g/mol. The van der Waals surface area contributed by atoms with E-state index in [9.17, 15) is 17.6 Å². The van der Waals surface area contributed by atoms with Crippen LogP contribution in [0.15, 0.2) is 53.4 Å². The summed E-state index contributed by atoms with van der Waals surface area (Å²) >= 11 is 1.17. The van der Waals surface area contributed by atoms with Gasteiger partial charge in [-0.25, -0.2) is 17.8 Å². The number of carbonyl (C=O) groups excluding carboxylic acids is 1. The number of nitrogens with one attached hydrogen (secondary N) is 1. The molecule has 1 N–H and O–H groups in total. The zero-order valence-electron chi connectivity index (χ0n) is 13.1. The molecule has 0 bridgehead atoms. The van der Waals surface area contributed by atoms with Crippen molar-refractivity contribution in [2.75, 3.05) is 11.1 Å². The summed E-state index contributed by atoms with van der Waals surface area (Å²) in [5.41, 5.74) is 0.217. The van der Waals surface area contributed by atoms with Crippen LogP contribution in [0.1, 0.15) is 12.8 Å². The number of rotatable bonds is 6. The monoisotopic (exact) mass is 378 g/mol. The highest BCUT2D eigenvalue weighted by Gasteiger charge is 2.15. The molecule has 5 nitrogen and oxygen atoms in total. The third kappa shape index (κ3) is 4.21. The third-order valence-corrected chi connectivity index (χ3v) is 6.29. The van der Waals surface area contributed by atoms with E-state index in [2.05, 4.69) is 10.3 Å². The SMILES string of the molecule is O=C(CCCS(=O)(=O)c1ccccc1)Nc1nc2c(F)cccc2s1. The average Bonchev–Trinajstić information content (AvgIpc) is 2.99. The fourth-order valence-electron chi connectivity index (χ4n) is 2.32. The van der Waals surface area contributed by atoms with Gasteiger partial charge in [0.2, 0.25) is 5.91 Å². The molecule has 2 aromatic carbocycles. The fraction of sp³-hybridized carbons (Fsp3) is 0.176. The first-order valence-corrected chi connectivity index (χ1v) is 10.1. The maximum atomic E-state index is 13.6. The molecule has 0 radical (unpaired) electrons. The van der Waals surface area contributed by atoms with E-state index in [0.717, 1.165) is 0 Å². The van der Waals surface area contributed by atoms with Crippen molar-refractivity contribution in [2.45, 2.75) is 17.7 Å². The molecule has 1 aromatic heterocycles. The first-order chi connectivity index (χ1) is 12.0. The van der Waals surface area contributed by atoms with Crippen molar-refractivity contribution in [3.8, 4) is 0 Å². The van der Waals surface area contributed by atoms with Crippen LogP contribution in [0.3, 0.4) is 0 Å². The highest BCUT2D eigenvalue weighted by molar-refractivity contribution is 7.91. The van der Waals surface area contributed by atoms with Crippen LogP contribution in [-0.4, -0.2) is 25.1 Å². The second kappa shape index (κ2) is 7.28. The van der Waals surface area contributed by atoms with Crippen molar-refractivity contribution in [3.05, 3.63) is 54.3 Å². The lowest BCUT2D eigenvalue weighted by molar-refractivity contribution is -0.116. The van der Waals surface area contributed by atoms with Crippen molar-refractivity contribution >= 4 is 42.4 Å². The Morgan fingerprint density at radius 3 is 2.60 bits per heavy atom. The maximum absolute atomic E-state index is 13.6. The predicted octanol–water partition coefficient (Wildman–Crippen LogP) is 3.63. The maximum Gasteiger partial charge on any atom is 0.226 e. The molecule has 8 heteroatoms. The topological polar surface area (TPSA) is 76.1 Å². The molecule has 25 heavy (non-hydrogen) atoms. The number of amides is 1. The Morgan fingerprint density at radius 1 is 1.12 bits per heavy atom. The molecule has 0 saturated heterocycles. The smallest absolute Gasteiger partial charge is 0.226 e. The molecule has 1 heterocycles. The zero-order valence-corrected chi connectivity index (χ0v) is 14.7. The Hall–Kier alpha value is -2.32.